The van der Waals surface area contributed by atoms with E-state index in [4.69, 9.17) is 4.52 Å². The van der Waals surface area contributed by atoms with Crippen LogP contribution in [0.4, 0.5) is 0 Å². The van der Waals surface area contributed by atoms with Gasteiger partial charge in [-0.1, -0.05) is 25.9 Å². The second kappa shape index (κ2) is 7.14. The van der Waals surface area contributed by atoms with E-state index in [9.17, 15) is 9.59 Å². The first-order valence-corrected chi connectivity index (χ1v) is 8.47. The second-order valence-electron chi connectivity index (χ2n) is 7.30. The zero-order valence-electron chi connectivity index (χ0n) is 15.7. The molecular weight excluding hydrogens is 346 g/mol. The Balaban J connectivity index is 1.75. The van der Waals surface area contributed by atoms with Crippen LogP contribution in [0.1, 0.15) is 42.7 Å². The van der Waals surface area contributed by atoms with Gasteiger partial charge in [-0.2, -0.15) is 0 Å². The third-order valence-corrected chi connectivity index (χ3v) is 4.01. The molecular formula is C19H21N5O3. The summed E-state index contributed by atoms with van der Waals surface area (Å²) < 4.78 is 5.30. The van der Waals surface area contributed by atoms with Crippen LogP contribution in [0.2, 0.25) is 0 Å². The van der Waals surface area contributed by atoms with Gasteiger partial charge in [0.05, 0.1) is 6.54 Å². The number of rotatable bonds is 4. The Labute approximate surface area is 156 Å². The van der Waals surface area contributed by atoms with Crippen LogP contribution in [0.25, 0.3) is 11.3 Å². The molecule has 1 N–H and O–H groups in total. The van der Waals surface area contributed by atoms with E-state index in [0.717, 1.165) is 5.56 Å². The lowest BCUT2D eigenvalue weighted by Gasteiger charge is -2.18. The molecule has 27 heavy (non-hydrogen) atoms. The number of carbonyl (C=O) groups is 1. The Kier molecular flexibility index (Phi) is 4.89. The Hall–Kier alpha value is -3.29. The molecule has 8 heteroatoms. The quantitative estimate of drug-likeness (QED) is 0.759. The van der Waals surface area contributed by atoms with Gasteiger partial charge in [-0.25, -0.2) is 4.98 Å². The van der Waals surface area contributed by atoms with Crippen LogP contribution in [0.3, 0.4) is 0 Å². The van der Waals surface area contributed by atoms with Crippen LogP contribution in [-0.4, -0.2) is 38.0 Å². The number of carbonyl (C=O) groups excluding carboxylic acids is 1. The Morgan fingerprint density at radius 1 is 1.26 bits per heavy atom. The van der Waals surface area contributed by atoms with E-state index in [-0.39, 0.29) is 17.5 Å². The van der Waals surface area contributed by atoms with Crippen LogP contribution >= 0.6 is 0 Å². The fourth-order valence-electron chi connectivity index (χ4n) is 2.49. The molecule has 0 bridgehead atoms. The van der Waals surface area contributed by atoms with Crippen LogP contribution in [0.5, 0.6) is 0 Å². The first-order valence-electron chi connectivity index (χ1n) is 8.47. The number of hydrogen-bond donors (Lipinski definition) is 1. The molecule has 0 spiro atoms. The zero-order valence-corrected chi connectivity index (χ0v) is 15.7. The lowest BCUT2D eigenvalue weighted by atomic mass is 9.96. The molecule has 0 unspecified atom stereocenters. The number of pyridine rings is 1. The van der Waals surface area contributed by atoms with Crippen molar-refractivity contribution < 1.29 is 9.32 Å². The molecule has 0 aliphatic carbocycles. The molecule has 0 saturated heterocycles. The summed E-state index contributed by atoms with van der Waals surface area (Å²) >= 11 is 0. The van der Waals surface area contributed by atoms with Gasteiger partial charge in [0.15, 0.2) is 5.76 Å². The van der Waals surface area contributed by atoms with Gasteiger partial charge in [-0.3, -0.25) is 14.6 Å². The molecule has 3 aromatic rings. The molecule has 0 radical (unpaired) electrons. The lowest BCUT2D eigenvalue weighted by molar-refractivity contribution is 0.0770. The molecule has 0 aliphatic heterocycles. The number of nitrogens with one attached hydrogen (secondary N) is 1. The van der Waals surface area contributed by atoms with Gasteiger partial charge in [0.25, 0.3) is 11.5 Å². The predicted octanol–water partition coefficient (Wildman–Crippen LogP) is 2.39. The topological polar surface area (TPSA) is 105 Å². The van der Waals surface area contributed by atoms with E-state index in [1.165, 1.54) is 11.1 Å². The van der Waals surface area contributed by atoms with Gasteiger partial charge in [0.1, 0.15) is 17.1 Å². The van der Waals surface area contributed by atoms with Crippen molar-refractivity contribution in [3.8, 4) is 11.3 Å². The zero-order chi connectivity index (χ0) is 19.6. The van der Waals surface area contributed by atoms with Gasteiger partial charge in [-0.15, -0.1) is 0 Å². The van der Waals surface area contributed by atoms with Crippen molar-refractivity contribution in [1.82, 2.24) is 25.0 Å². The minimum atomic E-state index is -0.457. The predicted molar refractivity (Wildman–Crippen MR) is 99.1 cm³/mol. The Bertz CT molecular complexity index is 1000. The number of nitrogens with zero attached hydrogens (tertiary/aromatic N) is 4. The summed E-state index contributed by atoms with van der Waals surface area (Å²) in [7, 11) is 1.59. The van der Waals surface area contributed by atoms with Gasteiger partial charge in [0, 0.05) is 42.7 Å². The summed E-state index contributed by atoms with van der Waals surface area (Å²) in [5.74, 6) is 0.600. The van der Waals surface area contributed by atoms with E-state index in [0.29, 0.717) is 17.3 Å². The molecule has 140 valence electrons. The third kappa shape index (κ3) is 4.11. The van der Waals surface area contributed by atoms with Crippen molar-refractivity contribution in [3.05, 3.63) is 64.3 Å². The molecule has 3 aromatic heterocycles. The molecule has 0 atom stereocenters. The summed E-state index contributed by atoms with van der Waals surface area (Å²) in [6.45, 7) is 5.98. The first kappa shape index (κ1) is 18.5. The second-order valence-corrected chi connectivity index (χ2v) is 7.30. The van der Waals surface area contributed by atoms with Crippen LogP contribution < -0.4 is 5.56 Å². The van der Waals surface area contributed by atoms with Gasteiger partial charge < -0.3 is 14.4 Å². The van der Waals surface area contributed by atoms with Gasteiger partial charge >= 0.3 is 0 Å². The minimum Gasteiger partial charge on any atom is -0.359 e. The Morgan fingerprint density at radius 2 is 1.96 bits per heavy atom. The van der Waals surface area contributed by atoms with Crippen molar-refractivity contribution in [2.75, 3.05) is 7.05 Å². The Morgan fingerprint density at radius 3 is 2.59 bits per heavy atom. The highest BCUT2D eigenvalue weighted by Gasteiger charge is 2.22. The molecule has 8 nitrogen and oxygen atoms in total. The van der Waals surface area contributed by atoms with Crippen LogP contribution in [0.15, 0.2) is 46.1 Å². The van der Waals surface area contributed by atoms with Crippen molar-refractivity contribution in [3.63, 3.8) is 0 Å². The average molecular weight is 367 g/mol. The van der Waals surface area contributed by atoms with E-state index >= 15 is 0 Å². The van der Waals surface area contributed by atoms with E-state index in [1.807, 2.05) is 32.9 Å². The summed E-state index contributed by atoms with van der Waals surface area (Å²) in [5.41, 5.74) is 0.742. The smallest absolute Gasteiger partial charge is 0.263 e. The highest BCUT2D eigenvalue weighted by Crippen LogP contribution is 2.19. The highest BCUT2D eigenvalue weighted by molar-refractivity contribution is 5.93. The first-order chi connectivity index (χ1) is 12.8. The van der Waals surface area contributed by atoms with Gasteiger partial charge in [0.2, 0.25) is 0 Å². The summed E-state index contributed by atoms with van der Waals surface area (Å²) in [6, 6.07) is 5.39. The van der Waals surface area contributed by atoms with Crippen LogP contribution in [-0.2, 0) is 12.0 Å². The maximum absolute atomic E-state index is 12.6. The molecule has 0 saturated carbocycles. The summed E-state index contributed by atoms with van der Waals surface area (Å²) in [4.78, 5) is 37.1. The monoisotopic (exact) mass is 367 g/mol. The number of H-pyrrole nitrogens is 1. The van der Waals surface area contributed by atoms with E-state index in [2.05, 4.69) is 20.1 Å². The maximum Gasteiger partial charge on any atom is 0.263 e. The van der Waals surface area contributed by atoms with Gasteiger partial charge in [-0.05, 0) is 12.1 Å². The number of hydrogen-bond acceptors (Lipinski definition) is 6. The fourth-order valence-corrected chi connectivity index (χ4v) is 2.49. The third-order valence-electron chi connectivity index (χ3n) is 4.01. The summed E-state index contributed by atoms with van der Waals surface area (Å²) in [5, 5.41) is 4.01. The van der Waals surface area contributed by atoms with E-state index < -0.39 is 11.5 Å². The molecule has 1 amide bonds. The van der Waals surface area contributed by atoms with Crippen molar-refractivity contribution in [2.24, 2.45) is 0 Å². The highest BCUT2D eigenvalue weighted by atomic mass is 16.5. The SMILES string of the molecule is CN(Cc1cc(-c2ccncc2)no1)C(=O)c1cnc(C(C)(C)C)[nH]c1=O. The molecule has 3 rings (SSSR count). The molecule has 0 fully saturated rings. The standard InChI is InChI=1S/C19H21N5O3/c1-19(2,3)18-21-10-14(16(25)22-18)17(26)24(4)11-13-9-15(23-27-13)12-5-7-20-8-6-12/h5-10H,11H2,1-4H3,(H,21,22,25). The number of aromatic nitrogens is 4. The van der Waals surface area contributed by atoms with E-state index in [1.54, 1.807) is 25.5 Å². The van der Waals surface area contributed by atoms with Crippen molar-refractivity contribution in [2.45, 2.75) is 32.7 Å². The van der Waals surface area contributed by atoms with Crippen molar-refractivity contribution >= 4 is 5.91 Å². The minimum absolute atomic E-state index is 0.0145. The number of amides is 1. The summed E-state index contributed by atoms with van der Waals surface area (Å²) in [6.07, 6.45) is 4.65. The maximum atomic E-state index is 12.6. The normalized spacial score (nSPS) is 11.4. The number of aromatic amines is 1. The molecule has 0 aromatic carbocycles. The fraction of sp³-hybridized carbons (Fsp3) is 0.316. The average Bonchev–Trinajstić information content (AvgIpc) is 3.09. The lowest BCUT2D eigenvalue weighted by Crippen LogP contribution is -2.33. The largest absolute Gasteiger partial charge is 0.359 e. The molecule has 0 aliphatic rings. The van der Waals surface area contributed by atoms with Crippen LogP contribution in [0, 0.1) is 0 Å². The molecule has 3 heterocycles. The van der Waals surface area contributed by atoms with Crippen molar-refractivity contribution in [1.29, 1.82) is 0 Å².